The van der Waals surface area contributed by atoms with Gasteiger partial charge in [0.15, 0.2) is 11.5 Å². The number of hydrogen-bond acceptors (Lipinski definition) is 7. The Bertz CT molecular complexity index is 1170. The average Bonchev–Trinajstić information content (AvgIpc) is 3.57. The quantitative estimate of drug-likeness (QED) is 0.344. The van der Waals surface area contributed by atoms with E-state index in [-0.39, 0.29) is 31.2 Å². The Kier molecular flexibility index (Phi) is 10.9. The number of nitrogens with zero attached hydrogens (tertiary/aromatic N) is 3. The normalized spacial score (nSPS) is 20.0. The van der Waals surface area contributed by atoms with Gasteiger partial charge in [-0.3, -0.25) is 14.5 Å². The van der Waals surface area contributed by atoms with Gasteiger partial charge >= 0.3 is 5.97 Å². The molecule has 2 aliphatic rings. The highest BCUT2D eigenvalue weighted by Gasteiger charge is 2.47. The molecule has 1 fully saturated rings. The third-order valence-corrected chi connectivity index (χ3v) is 8.27. The Labute approximate surface area is 244 Å². The first kappa shape index (κ1) is 30.7. The Morgan fingerprint density at radius 3 is 2.54 bits per heavy atom. The first-order chi connectivity index (χ1) is 19.8. The summed E-state index contributed by atoms with van der Waals surface area (Å²) in [5.74, 6) is 0.363. The molecule has 0 unspecified atom stereocenters. The number of methoxy groups -OCH3 is 1. The van der Waals surface area contributed by atoms with Crippen LogP contribution in [0.25, 0.3) is 0 Å². The summed E-state index contributed by atoms with van der Waals surface area (Å²) < 4.78 is 16.7. The van der Waals surface area contributed by atoms with Crippen molar-refractivity contribution in [3.63, 3.8) is 0 Å². The second-order valence-electron chi connectivity index (χ2n) is 11.3. The van der Waals surface area contributed by atoms with E-state index in [1.54, 1.807) is 7.11 Å². The van der Waals surface area contributed by atoms with Gasteiger partial charge in [-0.1, -0.05) is 37.6 Å². The van der Waals surface area contributed by atoms with E-state index in [4.69, 9.17) is 14.2 Å². The van der Waals surface area contributed by atoms with E-state index in [9.17, 15) is 14.7 Å². The fraction of sp³-hybridized carbons (Fsp3) is 0.562. The molecule has 1 amide bonds. The second-order valence-corrected chi connectivity index (χ2v) is 11.3. The predicted octanol–water partition coefficient (Wildman–Crippen LogP) is 4.11. The van der Waals surface area contributed by atoms with Gasteiger partial charge in [-0.25, -0.2) is 0 Å². The molecule has 1 saturated heterocycles. The molecule has 9 nitrogen and oxygen atoms in total. The topological polar surface area (TPSA) is 91.8 Å². The van der Waals surface area contributed by atoms with Crippen molar-refractivity contribution in [2.45, 2.75) is 51.0 Å². The number of unbranched alkanes of at least 4 members (excludes halogenated alkanes) is 1. The number of carbonyl (C=O) groups is 2. The number of carboxylic acid groups (broad SMARTS) is 1. The molecule has 4 rings (SSSR count). The van der Waals surface area contributed by atoms with Gasteiger partial charge in [0.05, 0.1) is 19.6 Å². The largest absolute Gasteiger partial charge is 0.496 e. The molecule has 41 heavy (non-hydrogen) atoms. The summed E-state index contributed by atoms with van der Waals surface area (Å²) in [5.41, 5.74) is 1.93. The minimum Gasteiger partial charge on any atom is -0.496 e. The van der Waals surface area contributed by atoms with E-state index in [1.165, 1.54) is 0 Å². The average molecular weight is 568 g/mol. The third kappa shape index (κ3) is 7.71. The van der Waals surface area contributed by atoms with Crippen molar-refractivity contribution >= 4 is 11.9 Å². The minimum atomic E-state index is -0.846. The van der Waals surface area contributed by atoms with Crippen LogP contribution in [0.3, 0.4) is 0 Å². The van der Waals surface area contributed by atoms with Crippen LogP contribution in [0.15, 0.2) is 42.5 Å². The van der Waals surface area contributed by atoms with Crippen LogP contribution in [-0.4, -0.2) is 98.4 Å². The maximum Gasteiger partial charge on any atom is 0.308 e. The fourth-order valence-corrected chi connectivity index (χ4v) is 6.11. The Morgan fingerprint density at radius 1 is 1.05 bits per heavy atom. The fourth-order valence-electron chi connectivity index (χ4n) is 6.11. The predicted molar refractivity (Wildman–Crippen MR) is 158 cm³/mol. The van der Waals surface area contributed by atoms with E-state index in [0.717, 1.165) is 49.2 Å². The number of carboxylic acids is 1. The van der Waals surface area contributed by atoms with Gasteiger partial charge in [0.25, 0.3) is 0 Å². The Hall–Kier alpha value is -3.30. The molecule has 1 N–H and O–H groups in total. The lowest BCUT2D eigenvalue weighted by Crippen LogP contribution is -2.45. The van der Waals surface area contributed by atoms with E-state index in [0.29, 0.717) is 37.4 Å². The zero-order chi connectivity index (χ0) is 29.4. The van der Waals surface area contributed by atoms with Crippen molar-refractivity contribution in [1.29, 1.82) is 0 Å². The van der Waals surface area contributed by atoms with Crippen molar-refractivity contribution < 1.29 is 28.9 Å². The molecule has 224 valence electrons. The van der Waals surface area contributed by atoms with Crippen LogP contribution in [0, 0.1) is 5.92 Å². The molecule has 2 heterocycles. The summed E-state index contributed by atoms with van der Waals surface area (Å²) in [4.78, 5) is 32.8. The Morgan fingerprint density at radius 2 is 1.80 bits per heavy atom. The second kappa shape index (κ2) is 14.5. The molecule has 0 saturated carbocycles. The number of rotatable bonds is 15. The molecule has 0 aliphatic carbocycles. The summed E-state index contributed by atoms with van der Waals surface area (Å²) >= 11 is 0. The maximum atomic E-state index is 13.7. The van der Waals surface area contributed by atoms with Crippen LogP contribution >= 0.6 is 0 Å². The molecule has 2 aliphatic heterocycles. The molecule has 0 aromatic heterocycles. The number of likely N-dealkylation sites (tertiary alicyclic amines) is 1. The Balaban J connectivity index is 1.59. The van der Waals surface area contributed by atoms with Crippen LogP contribution in [-0.2, 0) is 16.0 Å². The lowest BCUT2D eigenvalue weighted by Gasteiger charge is -2.30. The monoisotopic (exact) mass is 567 g/mol. The van der Waals surface area contributed by atoms with Crippen LogP contribution in [0.5, 0.6) is 17.2 Å². The SMILES string of the molecule is CCCCN(CCCN(C)C)C(=O)CN1C[C@H](c2ccc3c(c2)OCO3)[C@@H](C(=O)O)[C@@H]1CCc1ccccc1OC. The number of para-hydroxylation sites is 1. The zero-order valence-electron chi connectivity index (χ0n) is 24.9. The van der Waals surface area contributed by atoms with Gasteiger partial charge in [0.2, 0.25) is 12.7 Å². The summed E-state index contributed by atoms with van der Waals surface area (Å²) in [6.07, 6.45) is 4.11. The van der Waals surface area contributed by atoms with Gasteiger partial charge in [-0.05, 0) is 75.6 Å². The molecule has 0 bridgehead atoms. The molecular formula is C32H45N3O6. The number of ether oxygens (including phenoxy) is 3. The summed E-state index contributed by atoms with van der Waals surface area (Å²) in [6, 6.07) is 13.2. The van der Waals surface area contributed by atoms with Crippen molar-refractivity contribution in [1.82, 2.24) is 14.7 Å². The van der Waals surface area contributed by atoms with Crippen LogP contribution in [0.1, 0.15) is 49.7 Å². The number of amides is 1. The highest BCUT2D eigenvalue weighted by molar-refractivity contribution is 5.79. The molecule has 0 spiro atoms. The number of aryl methyl sites for hydroxylation is 1. The summed E-state index contributed by atoms with van der Waals surface area (Å²) in [5, 5.41) is 10.5. The smallest absolute Gasteiger partial charge is 0.308 e. The van der Waals surface area contributed by atoms with Gasteiger partial charge in [0.1, 0.15) is 5.75 Å². The van der Waals surface area contributed by atoms with Crippen molar-refractivity contribution in [3.05, 3.63) is 53.6 Å². The maximum absolute atomic E-state index is 13.7. The van der Waals surface area contributed by atoms with Gasteiger partial charge in [-0.2, -0.15) is 0 Å². The van der Waals surface area contributed by atoms with Crippen LogP contribution in [0.4, 0.5) is 0 Å². The molecule has 9 heteroatoms. The van der Waals surface area contributed by atoms with Gasteiger partial charge < -0.3 is 29.1 Å². The standard InChI is InChI=1S/C32H45N3O6/c1-5-6-17-34(18-9-16-33(2)3)30(36)21-35-20-25(24-13-15-28-29(19-24)41-22-40-28)31(32(37)38)26(35)14-12-23-10-7-8-11-27(23)39-4/h7-8,10-11,13,15,19,25-26,31H,5-6,9,12,14,16-18,20-22H2,1-4H3,(H,37,38)/t25-,26+,31-/m1/s1. The van der Waals surface area contributed by atoms with E-state index < -0.39 is 11.9 Å². The van der Waals surface area contributed by atoms with Crippen molar-refractivity contribution in [2.24, 2.45) is 5.92 Å². The van der Waals surface area contributed by atoms with E-state index in [1.807, 2.05) is 61.5 Å². The van der Waals surface area contributed by atoms with Crippen LogP contribution in [0.2, 0.25) is 0 Å². The van der Waals surface area contributed by atoms with Gasteiger partial charge in [-0.15, -0.1) is 0 Å². The first-order valence-corrected chi connectivity index (χ1v) is 14.7. The lowest BCUT2D eigenvalue weighted by atomic mass is 9.83. The van der Waals surface area contributed by atoms with Crippen LogP contribution < -0.4 is 14.2 Å². The van der Waals surface area contributed by atoms with Crippen molar-refractivity contribution in [3.8, 4) is 17.2 Å². The summed E-state index contributed by atoms with van der Waals surface area (Å²) in [7, 11) is 5.73. The first-order valence-electron chi connectivity index (χ1n) is 14.7. The van der Waals surface area contributed by atoms with E-state index in [2.05, 4.69) is 16.7 Å². The highest BCUT2D eigenvalue weighted by atomic mass is 16.7. The van der Waals surface area contributed by atoms with Gasteiger partial charge in [0, 0.05) is 31.6 Å². The number of fused-ring (bicyclic) bond motifs is 1. The number of benzene rings is 2. The third-order valence-electron chi connectivity index (χ3n) is 8.27. The molecular weight excluding hydrogens is 522 g/mol. The molecule has 0 radical (unpaired) electrons. The highest BCUT2D eigenvalue weighted by Crippen LogP contribution is 2.43. The molecule has 2 aromatic carbocycles. The number of carbonyl (C=O) groups excluding carboxylic acids is 1. The lowest BCUT2D eigenvalue weighted by molar-refractivity contribution is -0.143. The van der Waals surface area contributed by atoms with E-state index >= 15 is 0 Å². The van der Waals surface area contributed by atoms with Crippen molar-refractivity contribution in [2.75, 3.05) is 60.7 Å². The molecule has 3 atom stereocenters. The number of hydrogen-bond donors (Lipinski definition) is 1. The summed E-state index contributed by atoms with van der Waals surface area (Å²) in [6.45, 7) is 5.31. The zero-order valence-corrected chi connectivity index (χ0v) is 24.9. The number of aliphatic carboxylic acids is 1. The molecule has 2 aromatic rings. The minimum absolute atomic E-state index is 0.0648.